The lowest BCUT2D eigenvalue weighted by Crippen LogP contribution is -2.54. The summed E-state index contributed by atoms with van der Waals surface area (Å²) in [7, 11) is 0. The molecule has 17 nitrogen and oxygen atoms in total. The molecule has 4 aliphatic heterocycles. The maximum absolute atomic E-state index is 13.2. The van der Waals surface area contributed by atoms with Crippen LogP contribution in [0.4, 0.5) is 11.4 Å². The van der Waals surface area contributed by atoms with Crippen molar-refractivity contribution in [1.82, 2.24) is 20.0 Å². The molecule has 0 saturated carbocycles. The molecule has 19 heteroatoms. The second-order valence-corrected chi connectivity index (χ2v) is 20.0. The van der Waals surface area contributed by atoms with Gasteiger partial charge in [-0.1, -0.05) is 41.6 Å². The molecule has 1 atom stereocenters. The Morgan fingerprint density at radius 1 is 0.644 bits per heavy atom. The minimum atomic E-state index is -1.14. The number of hydrogen-bond donors (Lipinski definition) is 1. The number of imide groups is 2. The third-order valence-corrected chi connectivity index (χ3v) is 14.8. The van der Waals surface area contributed by atoms with Crippen molar-refractivity contribution in [2.24, 2.45) is 0 Å². The lowest BCUT2D eigenvalue weighted by atomic mass is 10.0. The van der Waals surface area contributed by atoms with E-state index in [0.717, 1.165) is 43.2 Å². The second-order valence-electron chi connectivity index (χ2n) is 18.5. The highest BCUT2D eigenvalue weighted by molar-refractivity contribution is 7.99. The van der Waals surface area contributed by atoms with E-state index >= 15 is 0 Å². The van der Waals surface area contributed by atoms with Gasteiger partial charge in [-0.25, -0.2) is 4.79 Å². The molecule has 7 rings (SSSR count). The molecule has 0 aliphatic carbocycles. The zero-order valence-corrected chi connectivity index (χ0v) is 42.2. The fraction of sp³-hybridized carbons (Fsp3) is 0.444. The molecule has 1 N–H and O–H groups in total. The number of rotatable bonds is 28. The molecule has 4 aliphatic rings. The summed E-state index contributed by atoms with van der Waals surface area (Å²) in [6, 6.07) is 17.6. The topological polar surface area (TPSA) is 222 Å². The molecular weight excluding hydrogens is 978 g/mol. The largest absolute Gasteiger partial charge is 0.492 e. The van der Waals surface area contributed by atoms with Gasteiger partial charge in [0.2, 0.25) is 11.8 Å². The highest BCUT2D eigenvalue weighted by Gasteiger charge is 2.46. The Balaban J connectivity index is 0.700. The summed E-state index contributed by atoms with van der Waals surface area (Å²) >= 11 is 8.13. The number of carbonyl (C=O) groups is 10. The van der Waals surface area contributed by atoms with E-state index in [1.54, 1.807) is 11.8 Å². The first-order valence-electron chi connectivity index (χ1n) is 24.8. The van der Waals surface area contributed by atoms with Gasteiger partial charge in [-0.15, -0.1) is 0 Å². The van der Waals surface area contributed by atoms with Gasteiger partial charge in [0.1, 0.15) is 52.4 Å². The zero-order chi connectivity index (χ0) is 52.0. The van der Waals surface area contributed by atoms with Gasteiger partial charge in [-0.2, -0.15) is 0 Å². The van der Waals surface area contributed by atoms with Crippen LogP contribution in [0, 0.1) is 0 Å². The number of Topliss-reactive ketones (excluding diaryl/α,β-unsaturated/α-hetero) is 6. The van der Waals surface area contributed by atoms with Gasteiger partial charge in [0.15, 0.2) is 0 Å². The van der Waals surface area contributed by atoms with Crippen LogP contribution in [0.2, 0.25) is 5.02 Å². The Labute approximate surface area is 432 Å². The molecule has 2 fully saturated rings. The number of amides is 4. The van der Waals surface area contributed by atoms with Gasteiger partial charge in [0.25, 0.3) is 11.8 Å². The predicted molar refractivity (Wildman–Crippen MR) is 270 cm³/mol. The molecule has 0 radical (unpaired) electrons. The Kier molecular flexibility index (Phi) is 19.2. The number of hydrogen-bond acceptors (Lipinski definition) is 16. The second kappa shape index (κ2) is 25.9. The zero-order valence-electron chi connectivity index (χ0n) is 40.6. The minimum Gasteiger partial charge on any atom is -0.492 e. The smallest absolute Gasteiger partial charge is 0.266 e. The van der Waals surface area contributed by atoms with E-state index < -0.39 is 29.7 Å². The van der Waals surface area contributed by atoms with E-state index in [2.05, 4.69) is 33.3 Å². The van der Waals surface area contributed by atoms with E-state index in [0.29, 0.717) is 23.8 Å². The molecule has 4 amide bonds. The SMILES string of the molecule is O=C=C(CCC(=O)CCC(=O)CCC(=O)CCC(=O)CCC(=O)CCC(=O)CCOc1cccc2c1C(=O)N(C1CCC(=O)NC1=O)C2=O)N1CCN(CCCN2c3ccccc3Sc3ccc(Cl)cc32)CC1. The summed E-state index contributed by atoms with van der Waals surface area (Å²) in [5.74, 6) is -2.14. The summed E-state index contributed by atoms with van der Waals surface area (Å²) in [5.41, 5.74) is 2.73. The van der Waals surface area contributed by atoms with E-state index in [-0.39, 0.29) is 154 Å². The number of piperidine rings is 1. The molecule has 3 aromatic carbocycles. The van der Waals surface area contributed by atoms with Crippen LogP contribution in [0.5, 0.6) is 5.75 Å². The fourth-order valence-corrected chi connectivity index (χ4v) is 10.5. The van der Waals surface area contributed by atoms with Crippen LogP contribution in [0.3, 0.4) is 0 Å². The number of halogens is 1. The number of ketones is 6. The number of carbonyl (C=O) groups excluding carboxylic acids is 11. The third kappa shape index (κ3) is 14.6. The average Bonchev–Trinajstić information content (AvgIpc) is 3.64. The number of anilines is 2. The number of para-hydroxylation sites is 1. The minimum absolute atomic E-state index is 0.00224. The molecule has 4 heterocycles. The van der Waals surface area contributed by atoms with Crippen LogP contribution in [0.1, 0.15) is 123 Å². The number of fused-ring (bicyclic) bond motifs is 3. The maximum atomic E-state index is 13.2. The summed E-state index contributed by atoms with van der Waals surface area (Å²) in [6.07, 6.45) is 0.480. The van der Waals surface area contributed by atoms with Crippen molar-refractivity contribution in [3.63, 3.8) is 0 Å². The van der Waals surface area contributed by atoms with Crippen LogP contribution in [-0.2, 0) is 43.2 Å². The third-order valence-electron chi connectivity index (χ3n) is 13.4. The molecule has 2 saturated heterocycles. The quantitative estimate of drug-likeness (QED) is 0.0595. The molecule has 0 spiro atoms. The highest BCUT2D eigenvalue weighted by atomic mass is 35.5. The lowest BCUT2D eigenvalue weighted by molar-refractivity contribution is -0.136. The Bertz CT molecular complexity index is 2730. The van der Waals surface area contributed by atoms with Gasteiger partial charge < -0.3 is 14.5 Å². The first-order valence-corrected chi connectivity index (χ1v) is 26.0. The number of piperazine rings is 1. The maximum Gasteiger partial charge on any atom is 0.266 e. The van der Waals surface area contributed by atoms with E-state index in [1.807, 2.05) is 35.1 Å². The van der Waals surface area contributed by atoms with Gasteiger partial charge in [0.05, 0.1) is 34.8 Å². The summed E-state index contributed by atoms with van der Waals surface area (Å²) in [6.45, 7) is 4.41. The summed E-state index contributed by atoms with van der Waals surface area (Å²) in [5, 5.41) is 2.84. The Morgan fingerprint density at radius 3 is 1.82 bits per heavy atom. The van der Waals surface area contributed by atoms with Crippen LogP contribution < -0.4 is 15.0 Å². The molecule has 1 unspecified atom stereocenters. The summed E-state index contributed by atoms with van der Waals surface area (Å²) < 4.78 is 5.69. The van der Waals surface area contributed by atoms with Crippen molar-refractivity contribution in [3.8, 4) is 5.75 Å². The van der Waals surface area contributed by atoms with E-state index in [1.165, 1.54) is 33.7 Å². The van der Waals surface area contributed by atoms with Gasteiger partial charge in [-0.05, 0) is 61.9 Å². The average molecular weight is 1040 g/mol. The van der Waals surface area contributed by atoms with E-state index in [9.17, 15) is 52.7 Å². The normalized spacial score (nSPS) is 16.3. The van der Waals surface area contributed by atoms with Crippen molar-refractivity contribution in [1.29, 1.82) is 0 Å². The first-order chi connectivity index (χ1) is 35.2. The Morgan fingerprint density at radius 2 is 1.22 bits per heavy atom. The van der Waals surface area contributed by atoms with Crippen LogP contribution in [0.15, 0.2) is 76.2 Å². The van der Waals surface area contributed by atoms with Crippen molar-refractivity contribution >= 4 is 99.0 Å². The monoisotopic (exact) mass is 1040 g/mol. The number of benzene rings is 3. The number of allylic oxidation sites excluding steroid dienone is 1. The molecule has 0 bridgehead atoms. The van der Waals surface area contributed by atoms with Crippen molar-refractivity contribution in [2.45, 2.75) is 119 Å². The van der Waals surface area contributed by atoms with Gasteiger partial charge >= 0.3 is 0 Å². The molecule has 0 aromatic heterocycles. The van der Waals surface area contributed by atoms with Gasteiger partial charge in [-0.3, -0.25) is 63.1 Å². The van der Waals surface area contributed by atoms with Crippen molar-refractivity contribution in [3.05, 3.63) is 82.5 Å². The lowest BCUT2D eigenvalue weighted by Gasteiger charge is -2.37. The molecule has 3 aromatic rings. The standard InChI is InChI=1S/C54H58ClN5O12S/c55-35-9-23-49-46(33-35)59(44-6-1-2-8-48(44)73-49)27-4-26-57-28-30-58(31-29-57)36(34-61)10-11-37(62)12-13-38(63)14-15-39(64)16-17-40(65)18-19-41(66)20-21-42(67)25-32-72-47-7-3-5-43-51(47)54(71)60(53(43)70)45-22-24-50(68)56-52(45)69/h1-3,5-9,23,33,45H,4,10-22,24-32H2,(H,56,68,69). The predicted octanol–water partition coefficient (Wildman–Crippen LogP) is 6.63. The molecule has 73 heavy (non-hydrogen) atoms. The fourth-order valence-electron chi connectivity index (χ4n) is 9.29. The van der Waals surface area contributed by atoms with Crippen LogP contribution in [0.25, 0.3) is 0 Å². The summed E-state index contributed by atoms with van der Waals surface area (Å²) in [4.78, 5) is 147. The molecular formula is C54H58ClN5O12S. The van der Waals surface area contributed by atoms with Gasteiger partial charge in [0, 0.05) is 137 Å². The first kappa shape index (κ1) is 54.2. The van der Waals surface area contributed by atoms with Crippen molar-refractivity contribution in [2.75, 3.05) is 50.8 Å². The van der Waals surface area contributed by atoms with Crippen LogP contribution >= 0.6 is 23.4 Å². The Hall–Kier alpha value is -6.59. The van der Waals surface area contributed by atoms with E-state index in [4.69, 9.17) is 16.3 Å². The molecule has 384 valence electrons. The number of nitrogens with one attached hydrogen (secondary N) is 1. The van der Waals surface area contributed by atoms with Crippen LogP contribution in [-0.4, -0.2) is 131 Å². The number of nitrogens with zero attached hydrogens (tertiary/aromatic N) is 4. The van der Waals surface area contributed by atoms with Crippen molar-refractivity contribution < 1.29 is 57.5 Å². The highest BCUT2D eigenvalue weighted by Crippen LogP contribution is 2.48. The number of ether oxygens (including phenoxy) is 1.